The van der Waals surface area contributed by atoms with Gasteiger partial charge in [0.05, 0.1) is 13.5 Å². The van der Waals surface area contributed by atoms with Crippen molar-refractivity contribution in [3.63, 3.8) is 0 Å². The van der Waals surface area contributed by atoms with Crippen molar-refractivity contribution in [2.24, 2.45) is 5.92 Å². The Morgan fingerprint density at radius 2 is 1.95 bits per heavy atom. The number of amides is 1. The van der Waals surface area contributed by atoms with E-state index >= 15 is 0 Å². The van der Waals surface area contributed by atoms with E-state index in [1.54, 1.807) is 0 Å². The minimum absolute atomic E-state index is 0.148. The maximum atomic E-state index is 11.9. The zero-order chi connectivity index (χ0) is 15.2. The van der Waals surface area contributed by atoms with Crippen LogP contribution >= 0.6 is 0 Å². The molecule has 0 saturated heterocycles. The van der Waals surface area contributed by atoms with Crippen LogP contribution in [0.15, 0.2) is 24.3 Å². The van der Waals surface area contributed by atoms with E-state index in [-0.39, 0.29) is 18.3 Å². The Bertz CT molecular complexity index is 495. The summed E-state index contributed by atoms with van der Waals surface area (Å²) in [4.78, 5) is 22.9. The van der Waals surface area contributed by atoms with E-state index in [0.29, 0.717) is 18.0 Å². The summed E-state index contributed by atoms with van der Waals surface area (Å²) in [7, 11) is 1.34. The van der Waals surface area contributed by atoms with Crippen LogP contribution in [0.4, 0.5) is 0 Å². The van der Waals surface area contributed by atoms with Crippen molar-refractivity contribution in [3.8, 4) is 0 Å². The molecule has 2 atom stereocenters. The maximum Gasteiger partial charge on any atom is 0.307 e. The van der Waals surface area contributed by atoms with E-state index < -0.39 is 0 Å². The Labute approximate surface area is 125 Å². The number of carbonyl (C=O) groups excluding carboxylic acids is 2. The van der Waals surface area contributed by atoms with E-state index in [0.717, 1.165) is 5.92 Å². The first-order valence-corrected chi connectivity index (χ1v) is 7.55. The van der Waals surface area contributed by atoms with Gasteiger partial charge in [-0.3, -0.25) is 9.59 Å². The van der Waals surface area contributed by atoms with Gasteiger partial charge in [0.1, 0.15) is 0 Å². The lowest BCUT2D eigenvalue weighted by Gasteiger charge is -2.11. The Morgan fingerprint density at radius 1 is 1.24 bits per heavy atom. The largest absolute Gasteiger partial charge is 0.469 e. The van der Waals surface area contributed by atoms with E-state index in [9.17, 15) is 9.59 Å². The monoisotopic (exact) mass is 289 g/mol. The fourth-order valence-electron chi connectivity index (χ4n) is 2.90. The zero-order valence-electron chi connectivity index (χ0n) is 12.7. The number of nitrogens with one attached hydrogen (secondary N) is 1. The highest BCUT2D eigenvalue weighted by molar-refractivity contribution is 5.94. The summed E-state index contributed by atoms with van der Waals surface area (Å²) in [6.45, 7) is 2.59. The molecule has 1 fully saturated rings. The molecule has 2 unspecified atom stereocenters. The lowest BCUT2D eigenvalue weighted by molar-refractivity contribution is -0.140. The van der Waals surface area contributed by atoms with Gasteiger partial charge in [0.15, 0.2) is 0 Å². The quantitative estimate of drug-likeness (QED) is 0.848. The third-order valence-corrected chi connectivity index (χ3v) is 4.18. The molecule has 0 aromatic heterocycles. The average Bonchev–Trinajstić information content (AvgIpc) is 2.93. The Kier molecular flexibility index (Phi) is 5.37. The minimum Gasteiger partial charge on any atom is -0.469 e. The highest BCUT2D eigenvalue weighted by Crippen LogP contribution is 2.37. The second-order valence-electron chi connectivity index (χ2n) is 5.82. The molecular formula is C17H23NO3. The van der Waals surface area contributed by atoms with Gasteiger partial charge < -0.3 is 10.1 Å². The lowest BCUT2D eigenvalue weighted by Crippen LogP contribution is -2.26. The van der Waals surface area contributed by atoms with Crippen molar-refractivity contribution in [1.82, 2.24) is 5.32 Å². The lowest BCUT2D eigenvalue weighted by atomic mass is 9.95. The van der Waals surface area contributed by atoms with Crippen molar-refractivity contribution < 1.29 is 14.3 Å². The summed E-state index contributed by atoms with van der Waals surface area (Å²) in [5, 5.41) is 2.72. The number of rotatable bonds is 5. The molecule has 4 nitrogen and oxygen atoms in total. The molecule has 0 spiro atoms. The number of methoxy groups -OCH3 is 1. The normalized spacial score (nSPS) is 21.0. The fraction of sp³-hybridized carbons (Fsp3) is 0.529. The predicted molar refractivity (Wildman–Crippen MR) is 81.2 cm³/mol. The predicted octanol–water partition coefficient (Wildman–Crippen LogP) is 2.88. The molecule has 1 aliphatic rings. The highest BCUT2D eigenvalue weighted by atomic mass is 16.5. The molecule has 0 radical (unpaired) electrons. The van der Waals surface area contributed by atoms with E-state index in [2.05, 4.69) is 29.1 Å². The summed E-state index contributed by atoms with van der Waals surface area (Å²) in [5.74, 6) is 0.971. The van der Waals surface area contributed by atoms with Crippen LogP contribution in [0.5, 0.6) is 0 Å². The van der Waals surface area contributed by atoms with Crippen LogP contribution < -0.4 is 5.32 Å². The average molecular weight is 289 g/mol. The summed E-state index contributed by atoms with van der Waals surface area (Å²) in [6, 6.07) is 7.84. The molecular weight excluding hydrogens is 266 g/mol. The first-order chi connectivity index (χ1) is 10.1. The van der Waals surface area contributed by atoms with Gasteiger partial charge in [-0.15, -0.1) is 0 Å². The molecule has 4 heteroatoms. The van der Waals surface area contributed by atoms with Crippen LogP contribution in [0.1, 0.15) is 54.4 Å². The Hall–Kier alpha value is -1.84. The van der Waals surface area contributed by atoms with Gasteiger partial charge in [0, 0.05) is 12.1 Å². The molecule has 1 aromatic carbocycles. The molecule has 2 rings (SSSR count). The molecule has 21 heavy (non-hydrogen) atoms. The third kappa shape index (κ3) is 4.31. The number of hydrogen-bond acceptors (Lipinski definition) is 3. The van der Waals surface area contributed by atoms with Crippen molar-refractivity contribution in [1.29, 1.82) is 0 Å². The number of ether oxygens (including phenoxy) is 1. The Balaban J connectivity index is 1.86. The molecule has 114 valence electrons. The van der Waals surface area contributed by atoms with E-state index in [4.69, 9.17) is 0 Å². The van der Waals surface area contributed by atoms with Crippen LogP contribution in [0, 0.1) is 5.92 Å². The first kappa shape index (κ1) is 15.5. The van der Waals surface area contributed by atoms with Gasteiger partial charge in [-0.05, 0) is 42.4 Å². The third-order valence-electron chi connectivity index (χ3n) is 4.18. The molecule has 0 heterocycles. The number of benzene rings is 1. The van der Waals surface area contributed by atoms with Crippen LogP contribution in [0.2, 0.25) is 0 Å². The van der Waals surface area contributed by atoms with Gasteiger partial charge in [-0.2, -0.15) is 0 Å². The first-order valence-electron chi connectivity index (χ1n) is 7.55. The zero-order valence-corrected chi connectivity index (χ0v) is 12.7. The smallest absolute Gasteiger partial charge is 0.307 e. The number of hydrogen-bond donors (Lipinski definition) is 1. The van der Waals surface area contributed by atoms with Gasteiger partial charge in [0.25, 0.3) is 5.91 Å². The van der Waals surface area contributed by atoms with Gasteiger partial charge in [-0.1, -0.05) is 25.5 Å². The summed E-state index contributed by atoms with van der Waals surface area (Å²) in [5.41, 5.74) is 1.96. The Morgan fingerprint density at radius 3 is 2.52 bits per heavy atom. The fourth-order valence-corrected chi connectivity index (χ4v) is 2.90. The van der Waals surface area contributed by atoms with E-state index in [1.807, 2.05) is 12.1 Å². The van der Waals surface area contributed by atoms with Crippen molar-refractivity contribution in [2.75, 3.05) is 13.7 Å². The molecule has 1 saturated carbocycles. The van der Waals surface area contributed by atoms with Crippen LogP contribution in [0.25, 0.3) is 0 Å². The second-order valence-corrected chi connectivity index (χ2v) is 5.82. The molecule has 1 aliphatic carbocycles. The van der Waals surface area contributed by atoms with Crippen LogP contribution in [-0.2, 0) is 9.53 Å². The summed E-state index contributed by atoms with van der Waals surface area (Å²) in [6.07, 6.45) is 3.97. The van der Waals surface area contributed by atoms with Gasteiger partial charge >= 0.3 is 5.97 Å². The van der Waals surface area contributed by atoms with Crippen molar-refractivity contribution >= 4 is 11.9 Å². The van der Waals surface area contributed by atoms with Gasteiger partial charge in [-0.25, -0.2) is 0 Å². The molecule has 0 aliphatic heterocycles. The van der Waals surface area contributed by atoms with E-state index in [1.165, 1.54) is 31.9 Å². The molecule has 1 N–H and O–H groups in total. The topological polar surface area (TPSA) is 55.4 Å². The van der Waals surface area contributed by atoms with Crippen molar-refractivity contribution in [3.05, 3.63) is 35.4 Å². The van der Waals surface area contributed by atoms with Gasteiger partial charge in [0.2, 0.25) is 0 Å². The van der Waals surface area contributed by atoms with Crippen molar-refractivity contribution in [2.45, 2.75) is 38.5 Å². The number of carbonyl (C=O) groups is 2. The SMILES string of the molecule is COC(=O)CCNC(=O)c1ccc(C2CCC(C)C2)cc1. The summed E-state index contributed by atoms with van der Waals surface area (Å²) < 4.78 is 4.53. The van der Waals surface area contributed by atoms with Crippen LogP contribution in [0.3, 0.4) is 0 Å². The maximum absolute atomic E-state index is 11.9. The van der Waals surface area contributed by atoms with Crippen LogP contribution in [-0.4, -0.2) is 25.5 Å². The summed E-state index contributed by atoms with van der Waals surface area (Å²) >= 11 is 0. The minimum atomic E-state index is -0.319. The second kappa shape index (κ2) is 7.25. The molecule has 1 amide bonds. The molecule has 1 aromatic rings. The number of esters is 1. The standard InChI is InChI=1S/C17H23NO3/c1-12-3-4-15(11-12)13-5-7-14(8-6-13)17(20)18-10-9-16(19)21-2/h5-8,12,15H,3-4,9-11H2,1-2H3,(H,18,20). The highest BCUT2D eigenvalue weighted by Gasteiger charge is 2.22. The molecule has 0 bridgehead atoms.